The third-order valence-corrected chi connectivity index (χ3v) is 3.86. The van der Waals surface area contributed by atoms with Crippen LogP contribution in [-0.2, 0) is 0 Å². The average Bonchev–Trinajstić information content (AvgIpc) is 2.12. The first-order chi connectivity index (χ1) is 5.72. The molecule has 0 nitrogen and oxygen atoms in total. The van der Waals surface area contributed by atoms with Crippen molar-refractivity contribution in [1.82, 2.24) is 0 Å². The SMILES string of the molecule is CC1CCCCCCC(C)C1C. The van der Waals surface area contributed by atoms with E-state index >= 15 is 0 Å². The molecule has 0 aliphatic heterocycles. The van der Waals surface area contributed by atoms with Gasteiger partial charge in [0.1, 0.15) is 0 Å². The predicted molar refractivity (Wildman–Crippen MR) is 55.2 cm³/mol. The Morgan fingerprint density at radius 3 is 1.50 bits per heavy atom. The molecule has 0 radical (unpaired) electrons. The molecule has 2 atom stereocenters. The summed E-state index contributed by atoms with van der Waals surface area (Å²) in [5.41, 5.74) is 0. The van der Waals surface area contributed by atoms with Gasteiger partial charge in [-0.25, -0.2) is 0 Å². The Morgan fingerprint density at radius 1 is 0.667 bits per heavy atom. The maximum atomic E-state index is 2.45. The average molecular weight is 168 g/mol. The lowest BCUT2D eigenvalue weighted by atomic mass is 9.81. The Labute approximate surface area is 77.7 Å². The number of rotatable bonds is 0. The minimum Gasteiger partial charge on any atom is -0.0622 e. The molecule has 1 fully saturated rings. The van der Waals surface area contributed by atoms with Gasteiger partial charge in [0.2, 0.25) is 0 Å². The lowest BCUT2D eigenvalue weighted by molar-refractivity contribution is 0.257. The summed E-state index contributed by atoms with van der Waals surface area (Å²) in [5, 5.41) is 0. The van der Waals surface area contributed by atoms with E-state index in [-0.39, 0.29) is 0 Å². The predicted octanol–water partition coefficient (Wildman–Crippen LogP) is 4.25. The monoisotopic (exact) mass is 168 g/mol. The van der Waals surface area contributed by atoms with Crippen LogP contribution in [0, 0.1) is 17.8 Å². The molecule has 0 aromatic carbocycles. The first-order valence-corrected chi connectivity index (χ1v) is 5.72. The van der Waals surface area contributed by atoms with Gasteiger partial charge in [0.25, 0.3) is 0 Å². The van der Waals surface area contributed by atoms with Crippen molar-refractivity contribution in [3.8, 4) is 0 Å². The van der Waals surface area contributed by atoms with E-state index < -0.39 is 0 Å². The maximum Gasteiger partial charge on any atom is -0.0391 e. The summed E-state index contributed by atoms with van der Waals surface area (Å²) in [6, 6.07) is 0. The molecule has 0 N–H and O–H groups in total. The molecule has 1 aliphatic carbocycles. The van der Waals surface area contributed by atoms with E-state index in [0.29, 0.717) is 0 Å². The first-order valence-electron chi connectivity index (χ1n) is 5.72. The van der Waals surface area contributed by atoms with E-state index in [1.54, 1.807) is 0 Å². The highest BCUT2D eigenvalue weighted by Gasteiger charge is 2.19. The molecule has 72 valence electrons. The van der Waals surface area contributed by atoms with Gasteiger partial charge in [0.15, 0.2) is 0 Å². The summed E-state index contributed by atoms with van der Waals surface area (Å²) < 4.78 is 0. The smallest absolute Gasteiger partial charge is 0.0391 e. The zero-order valence-electron chi connectivity index (χ0n) is 8.97. The highest BCUT2D eigenvalue weighted by Crippen LogP contribution is 2.30. The highest BCUT2D eigenvalue weighted by molar-refractivity contribution is 4.70. The van der Waals surface area contributed by atoms with Crippen LogP contribution in [0.15, 0.2) is 0 Å². The molecular formula is C12H24. The second-order valence-electron chi connectivity index (χ2n) is 4.81. The fourth-order valence-corrected chi connectivity index (χ4v) is 2.37. The third-order valence-electron chi connectivity index (χ3n) is 3.86. The molecule has 0 heteroatoms. The lowest BCUT2D eigenvalue weighted by Gasteiger charge is -2.24. The van der Waals surface area contributed by atoms with Gasteiger partial charge < -0.3 is 0 Å². The van der Waals surface area contributed by atoms with E-state index in [0.717, 1.165) is 17.8 Å². The summed E-state index contributed by atoms with van der Waals surface area (Å²) in [7, 11) is 0. The summed E-state index contributed by atoms with van der Waals surface area (Å²) in [5.74, 6) is 2.86. The van der Waals surface area contributed by atoms with Crippen molar-refractivity contribution >= 4 is 0 Å². The van der Waals surface area contributed by atoms with E-state index in [1.165, 1.54) is 38.5 Å². The summed E-state index contributed by atoms with van der Waals surface area (Å²) in [6.07, 6.45) is 8.82. The van der Waals surface area contributed by atoms with Crippen LogP contribution in [-0.4, -0.2) is 0 Å². The fraction of sp³-hybridized carbons (Fsp3) is 1.00. The van der Waals surface area contributed by atoms with Crippen LogP contribution in [0.25, 0.3) is 0 Å². The van der Waals surface area contributed by atoms with E-state index in [2.05, 4.69) is 20.8 Å². The van der Waals surface area contributed by atoms with Crippen molar-refractivity contribution in [3.05, 3.63) is 0 Å². The van der Waals surface area contributed by atoms with Gasteiger partial charge in [-0.2, -0.15) is 0 Å². The molecule has 12 heavy (non-hydrogen) atoms. The molecule has 0 amide bonds. The Bertz CT molecular complexity index is 103. The second kappa shape index (κ2) is 4.89. The molecule has 0 spiro atoms. The Balaban J connectivity index is 2.44. The van der Waals surface area contributed by atoms with Crippen LogP contribution in [0.1, 0.15) is 59.3 Å². The molecular weight excluding hydrogens is 144 g/mol. The van der Waals surface area contributed by atoms with E-state index in [4.69, 9.17) is 0 Å². The van der Waals surface area contributed by atoms with Gasteiger partial charge in [0, 0.05) is 0 Å². The number of hydrogen-bond acceptors (Lipinski definition) is 0. The molecule has 1 aliphatic rings. The minimum absolute atomic E-state index is 0.947. The Kier molecular flexibility index (Phi) is 4.11. The largest absolute Gasteiger partial charge is 0.0622 e. The first kappa shape index (κ1) is 10.1. The maximum absolute atomic E-state index is 2.45. The van der Waals surface area contributed by atoms with Crippen molar-refractivity contribution in [2.75, 3.05) is 0 Å². The van der Waals surface area contributed by atoms with Gasteiger partial charge in [-0.3, -0.25) is 0 Å². The van der Waals surface area contributed by atoms with Crippen LogP contribution in [0.2, 0.25) is 0 Å². The molecule has 0 saturated heterocycles. The quantitative estimate of drug-likeness (QED) is 0.507. The van der Waals surface area contributed by atoms with Gasteiger partial charge in [-0.1, -0.05) is 59.3 Å². The summed E-state index contributed by atoms with van der Waals surface area (Å²) >= 11 is 0. The van der Waals surface area contributed by atoms with Gasteiger partial charge >= 0.3 is 0 Å². The minimum atomic E-state index is 0.947. The zero-order chi connectivity index (χ0) is 8.97. The summed E-state index contributed by atoms with van der Waals surface area (Å²) in [4.78, 5) is 0. The van der Waals surface area contributed by atoms with Gasteiger partial charge in [-0.05, 0) is 17.8 Å². The van der Waals surface area contributed by atoms with E-state index in [1.807, 2.05) is 0 Å². The van der Waals surface area contributed by atoms with Crippen molar-refractivity contribution in [1.29, 1.82) is 0 Å². The molecule has 0 aromatic rings. The molecule has 0 aromatic heterocycles. The number of hydrogen-bond donors (Lipinski definition) is 0. The van der Waals surface area contributed by atoms with Crippen LogP contribution in [0.3, 0.4) is 0 Å². The topological polar surface area (TPSA) is 0 Å². The molecule has 2 unspecified atom stereocenters. The standard InChI is InChI=1S/C12H24/c1-10-8-6-4-5-7-9-11(2)12(10)3/h10-12H,4-9H2,1-3H3. The molecule has 0 heterocycles. The van der Waals surface area contributed by atoms with Crippen molar-refractivity contribution in [2.45, 2.75) is 59.3 Å². The molecule has 0 bridgehead atoms. The Hall–Kier alpha value is 0. The lowest BCUT2D eigenvalue weighted by Crippen LogP contribution is -2.15. The van der Waals surface area contributed by atoms with Crippen LogP contribution in [0.4, 0.5) is 0 Å². The van der Waals surface area contributed by atoms with Crippen LogP contribution < -0.4 is 0 Å². The fourth-order valence-electron chi connectivity index (χ4n) is 2.37. The third kappa shape index (κ3) is 2.80. The van der Waals surface area contributed by atoms with Crippen molar-refractivity contribution < 1.29 is 0 Å². The molecule has 1 saturated carbocycles. The highest BCUT2D eigenvalue weighted by atomic mass is 14.2. The van der Waals surface area contributed by atoms with Crippen LogP contribution in [0.5, 0.6) is 0 Å². The second-order valence-corrected chi connectivity index (χ2v) is 4.81. The van der Waals surface area contributed by atoms with E-state index in [9.17, 15) is 0 Å². The molecule has 1 rings (SSSR count). The van der Waals surface area contributed by atoms with Crippen molar-refractivity contribution in [3.63, 3.8) is 0 Å². The van der Waals surface area contributed by atoms with Crippen molar-refractivity contribution in [2.24, 2.45) is 17.8 Å². The van der Waals surface area contributed by atoms with Gasteiger partial charge in [-0.15, -0.1) is 0 Å². The summed E-state index contributed by atoms with van der Waals surface area (Å²) in [6.45, 7) is 7.32. The zero-order valence-corrected chi connectivity index (χ0v) is 8.97. The Morgan fingerprint density at radius 2 is 1.08 bits per heavy atom. The normalized spacial score (nSPS) is 39.8. The van der Waals surface area contributed by atoms with Crippen LogP contribution >= 0.6 is 0 Å². The van der Waals surface area contributed by atoms with Gasteiger partial charge in [0.05, 0.1) is 0 Å².